The average molecular weight is 420 g/mol. The summed E-state index contributed by atoms with van der Waals surface area (Å²) >= 11 is 12.6. The zero-order chi connectivity index (χ0) is 19.9. The number of benzene rings is 3. The van der Waals surface area contributed by atoms with Gasteiger partial charge in [-0.1, -0.05) is 77.8 Å². The molecular formula is C24H15Cl2NO2. The predicted molar refractivity (Wildman–Crippen MR) is 113 cm³/mol. The van der Waals surface area contributed by atoms with Gasteiger partial charge in [0.25, 0.3) is 0 Å². The van der Waals surface area contributed by atoms with Gasteiger partial charge in [-0.25, -0.2) is 4.90 Å². The molecule has 4 aliphatic rings. The lowest BCUT2D eigenvalue weighted by molar-refractivity contribution is -0.122. The van der Waals surface area contributed by atoms with Crippen molar-refractivity contribution < 1.29 is 9.59 Å². The van der Waals surface area contributed by atoms with Gasteiger partial charge in [-0.15, -0.1) is 0 Å². The van der Waals surface area contributed by atoms with Crippen LogP contribution in [-0.2, 0) is 9.59 Å². The molecule has 1 heterocycles. The lowest BCUT2D eigenvalue weighted by Gasteiger charge is -2.45. The molecule has 3 nitrogen and oxygen atoms in total. The summed E-state index contributed by atoms with van der Waals surface area (Å²) < 4.78 is 0. The van der Waals surface area contributed by atoms with Crippen molar-refractivity contribution in [1.82, 2.24) is 0 Å². The van der Waals surface area contributed by atoms with E-state index in [1.165, 1.54) is 4.90 Å². The van der Waals surface area contributed by atoms with Crippen molar-refractivity contribution in [2.24, 2.45) is 11.8 Å². The quantitative estimate of drug-likeness (QED) is 0.495. The van der Waals surface area contributed by atoms with E-state index in [4.69, 9.17) is 23.2 Å². The van der Waals surface area contributed by atoms with Crippen LogP contribution in [0.2, 0.25) is 10.0 Å². The SMILES string of the molecule is O=C1[C@@H]2C3c4ccccc4C(c4ccccc43)[C@@H]2C(=O)N1c1cccc(Cl)c1Cl. The van der Waals surface area contributed by atoms with Crippen LogP contribution in [0.5, 0.6) is 0 Å². The standard InChI is InChI=1S/C24H15Cl2NO2/c25-16-10-5-11-17(22(16)26)27-23(28)20-18-12-6-1-2-7-13(12)19(21(20)24(27)29)15-9-4-3-8-14(15)18/h1-11,18-21H/t18?,19?,20-,21+. The third kappa shape index (κ3) is 2.09. The first-order valence-electron chi connectivity index (χ1n) is 9.59. The largest absolute Gasteiger partial charge is 0.274 e. The molecule has 2 atom stereocenters. The molecule has 0 radical (unpaired) electrons. The zero-order valence-electron chi connectivity index (χ0n) is 15.2. The van der Waals surface area contributed by atoms with Crippen LogP contribution in [0.25, 0.3) is 0 Å². The summed E-state index contributed by atoms with van der Waals surface area (Å²) in [5, 5.41) is 0.561. The van der Waals surface area contributed by atoms with Crippen molar-refractivity contribution in [1.29, 1.82) is 0 Å². The summed E-state index contributed by atoms with van der Waals surface area (Å²) in [6.45, 7) is 0. The van der Waals surface area contributed by atoms with E-state index in [1.54, 1.807) is 18.2 Å². The van der Waals surface area contributed by atoms with E-state index in [-0.39, 0.29) is 28.7 Å². The number of nitrogens with zero attached hydrogens (tertiary/aromatic N) is 1. The first-order chi connectivity index (χ1) is 14.1. The second kappa shape index (κ2) is 5.94. The van der Waals surface area contributed by atoms with Crippen LogP contribution >= 0.6 is 23.2 Å². The molecule has 2 amide bonds. The van der Waals surface area contributed by atoms with Crippen molar-refractivity contribution in [2.75, 3.05) is 4.90 Å². The van der Waals surface area contributed by atoms with Crippen molar-refractivity contribution in [3.05, 3.63) is 99.0 Å². The number of hydrogen-bond acceptors (Lipinski definition) is 2. The van der Waals surface area contributed by atoms with Crippen LogP contribution in [0.1, 0.15) is 34.1 Å². The summed E-state index contributed by atoms with van der Waals surface area (Å²) in [5.41, 5.74) is 4.97. The maximum absolute atomic E-state index is 13.6. The Bertz CT molecular complexity index is 1110. The van der Waals surface area contributed by atoms with Gasteiger partial charge in [-0.2, -0.15) is 0 Å². The molecule has 1 aliphatic heterocycles. The Morgan fingerprint density at radius 3 is 1.52 bits per heavy atom. The lowest BCUT2D eigenvalue weighted by Crippen LogP contribution is -2.41. The first-order valence-corrected chi connectivity index (χ1v) is 10.3. The second-order valence-electron chi connectivity index (χ2n) is 7.85. The van der Waals surface area contributed by atoms with Gasteiger partial charge in [0.05, 0.1) is 27.6 Å². The molecule has 3 aliphatic carbocycles. The fourth-order valence-electron chi connectivity index (χ4n) is 5.58. The van der Waals surface area contributed by atoms with E-state index in [2.05, 4.69) is 24.3 Å². The normalized spacial score (nSPS) is 26.3. The number of hydrogen-bond donors (Lipinski definition) is 0. The Kier molecular flexibility index (Phi) is 3.54. The number of carbonyl (C=O) groups excluding carboxylic acids is 2. The lowest BCUT2D eigenvalue weighted by atomic mass is 9.55. The molecule has 7 rings (SSSR count). The second-order valence-corrected chi connectivity index (χ2v) is 8.63. The van der Waals surface area contributed by atoms with Gasteiger partial charge in [0.15, 0.2) is 0 Å². The van der Waals surface area contributed by atoms with Crippen molar-refractivity contribution in [2.45, 2.75) is 11.8 Å². The molecule has 2 bridgehead atoms. The molecule has 3 aromatic rings. The highest BCUT2D eigenvalue weighted by molar-refractivity contribution is 6.45. The summed E-state index contributed by atoms with van der Waals surface area (Å²) in [4.78, 5) is 28.5. The number of carbonyl (C=O) groups is 2. The molecule has 0 spiro atoms. The molecule has 5 heteroatoms. The molecule has 0 N–H and O–H groups in total. The minimum Gasteiger partial charge on any atom is -0.274 e. The van der Waals surface area contributed by atoms with Gasteiger partial charge in [0.1, 0.15) is 0 Å². The van der Waals surface area contributed by atoms with Crippen LogP contribution in [0.4, 0.5) is 5.69 Å². The fraction of sp³-hybridized carbons (Fsp3) is 0.167. The highest BCUT2D eigenvalue weighted by atomic mass is 35.5. The third-order valence-corrected chi connectivity index (χ3v) is 7.43. The van der Waals surface area contributed by atoms with Gasteiger partial charge in [0.2, 0.25) is 11.8 Å². The van der Waals surface area contributed by atoms with E-state index in [0.29, 0.717) is 10.7 Å². The van der Waals surface area contributed by atoms with E-state index in [0.717, 1.165) is 22.3 Å². The van der Waals surface area contributed by atoms with Crippen LogP contribution < -0.4 is 4.90 Å². The zero-order valence-corrected chi connectivity index (χ0v) is 16.7. The number of amides is 2. The highest BCUT2D eigenvalue weighted by Crippen LogP contribution is 2.61. The monoisotopic (exact) mass is 419 g/mol. The molecule has 3 aromatic carbocycles. The molecule has 0 aromatic heterocycles. The van der Waals surface area contributed by atoms with E-state index < -0.39 is 11.8 Å². The third-order valence-electron chi connectivity index (χ3n) is 6.62. The molecule has 1 saturated heterocycles. The van der Waals surface area contributed by atoms with Crippen LogP contribution in [0.3, 0.4) is 0 Å². The van der Waals surface area contributed by atoms with Crippen LogP contribution in [0.15, 0.2) is 66.7 Å². The Balaban J connectivity index is 1.59. The maximum atomic E-state index is 13.6. The molecule has 1 fully saturated rings. The fourth-order valence-corrected chi connectivity index (χ4v) is 5.96. The number of halogens is 2. The maximum Gasteiger partial charge on any atom is 0.238 e. The topological polar surface area (TPSA) is 37.4 Å². The van der Waals surface area contributed by atoms with Gasteiger partial charge in [-0.3, -0.25) is 9.59 Å². The molecular weight excluding hydrogens is 405 g/mol. The van der Waals surface area contributed by atoms with Crippen molar-refractivity contribution in [3.63, 3.8) is 0 Å². The Morgan fingerprint density at radius 2 is 1.07 bits per heavy atom. The highest BCUT2D eigenvalue weighted by Gasteiger charge is 2.61. The molecule has 0 saturated carbocycles. The van der Waals surface area contributed by atoms with E-state index in [9.17, 15) is 9.59 Å². The molecule has 29 heavy (non-hydrogen) atoms. The summed E-state index contributed by atoms with van der Waals surface area (Å²) in [6, 6.07) is 21.4. The summed E-state index contributed by atoms with van der Waals surface area (Å²) in [6.07, 6.45) is 0. The van der Waals surface area contributed by atoms with Gasteiger partial charge < -0.3 is 0 Å². The number of anilines is 1. The van der Waals surface area contributed by atoms with E-state index in [1.807, 2.05) is 24.3 Å². The summed E-state index contributed by atoms with van der Waals surface area (Å²) in [5.74, 6) is -1.49. The van der Waals surface area contributed by atoms with Gasteiger partial charge in [-0.05, 0) is 34.4 Å². The van der Waals surface area contributed by atoms with Crippen LogP contribution in [0, 0.1) is 11.8 Å². The first kappa shape index (κ1) is 17.3. The van der Waals surface area contributed by atoms with Gasteiger partial charge >= 0.3 is 0 Å². The van der Waals surface area contributed by atoms with Crippen molar-refractivity contribution in [3.8, 4) is 0 Å². The van der Waals surface area contributed by atoms with Crippen molar-refractivity contribution >= 4 is 40.7 Å². The minimum atomic E-state index is -0.424. The summed E-state index contributed by atoms with van der Waals surface area (Å²) in [7, 11) is 0. The molecule has 142 valence electrons. The van der Waals surface area contributed by atoms with Gasteiger partial charge in [0, 0.05) is 11.8 Å². The average Bonchev–Trinajstić information content (AvgIpc) is 3.01. The number of imide groups is 1. The van der Waals surface area contributed by atoms with Crippen LogP contribution in [-0.4, -0.2) is 11.8 Å². The Hall–Kier alpha value is -2.62. The Labute approximate surface area is 177 Å². The molecule has 0 unspecified atom stereocenters. The minimum absolute atomic E-state index is 0.128. The smallest absolute Gasteiger partial charge is 0.238 e. The van der Waals surface area contributed by atoms with E-state index >= 15 is 0 Å². The Morgan fingerprint density at radius 1 is 0.621 bits per heavy atom. The predicted octanol–water partition coefficient (Wildman–Crippen LogP) is 5.39. The number of rotatable bonds is 1.